The van der Waals surface area contributed by atoms with Crippen LogP contribution in [0.15, 0.2) is 18.2 Å². The highest BCUT2D eigenvalue weighted by Crippen LogP contribution is 2.26. The van der Waals surface area contributed by atoms with Crippen LogP contribution in [0.2, 0.25) is 0 Å². The van der Waals surface area contributed by atoms with E-state index in [2.05, 4.69) is 0 Å². The summed E-state index contributed by atoms with van der Waals surface area (Å²) in [5, 5.41) is 0. The van der Waals surface area contributed by atoms with Crippen molar-refractivity contribution in [3.8, 4) is 5.75 Å². The summed E-state index contributed by atoms with van der Waals surface area (Å²) >= 11 is 0. The SMILES string of the molecule is C[C@@H](N)c1ccc(OCC2CCCCC2)c(F)c1. The van der Waals surface area contributed by atoms with Gasteiger partial charge in [0, 0.05) is 6.04 Å². The molecule has 0 unspecified atom stereocenters. The summed E-state index contributed by atoms with van der Waals surface area (Å²) in [6.45, 7) is 2.48. The molecule has 0 radical (unpaired) electrons. The van der Waals surface area contributed by atoms with Crippen molar-refractivity contribution < 1.29 is 9.13 Å². The van der Waals surface area contributed by atoms with E-state index in [4.69, 9.17) is 10.5 Å². The van der Waals surface area contributed by atoms with Gasteiger partial charge in [-0.1, -0.05) is 25.3 Å². The third-order valence-corrected chi connectivity index (χ3v) is 3.68. The fourth-order valence-electron chi connectivity index (χ4n) is 2.48. The lowest BCUT2D eigenvalue weighted by Gasteiger charge is -2.21. The van der Waals surface area contributed by atoms with Gasteiger partial charge in [-0.2, -0.15) is 0 Å². The molecule has 1 fully saturated rings. The van der Waals surface area contributed by atoms with E-state index in [1.54, 1.807) is 6.07 Å². The highest BCUT2D eigenvalue weighted by Gasteiger charge is 2.15. The fourth-order valence-corrected chi connectivity index (χ4v) is 2.48. The molecule has 2 nitrogen and oxygen atoms in total. The molecule has 0 saturated heterocycles. The number of rotatable bonds is 4. The van der Waals surface area contributed by atoms with Crippen molar-refractivity contribution in [1.29, 1.82) is 0 Å². The minimum absolute atomic E-state index is 0.146. The van der Waals surface area contributed by atoms with Crippen LogP contribution in [0.4, 0.5) is 4.39 Å². The smallest absolute Gasteiger partial charge is 0.165 e. The van der Waals surface area contributed by atoms with Gasteiger partial charge in [0.1, 0.15) is 0 Å². The van der Waals surface area contributed by atoms with Gasteiger partial charge in [0.05, 0.1) is 6.61 Å². The Balaban J connectivity index is 1.92. The molecule has 2 N–H and O–H groups in total. The predicted octanol–water partition coefficient (Wildman–Crippen LogP) is 3.80. The van der Waals surface area contributed by atoms with Gasteiger partial charge in [-0.3, -0.25) is 0 Å². The summed E-state index contributed by atoms with van der Waals surface area (Å²) in [6.07, 6.45) is 6.30. The first kappa shape index (κ1) is 13.3. The Morgan fingerprint density at radius 1 is 1.33 bits per heavy atom. The van der Waals surface area contributed by atoms with Crippen molar-refractivity contribution >= 4 is 0 Å². The van der Waals surface area contributed by atoms with Crippen LogP contribution < -0.4 is 10.5 Å². The second kappa shape index (κ2) is 6.19. The van der Waals surface area contributed by atoms with E-state index in [1.165, 1.54) is 38.2 Å². The molecule has 1 aromatic rings. The molecule has 18 heavy (non-hydrogen) atoms. The van der Waals surface area contributed by atoms with Crippen LogP contribution in [0.25, 0.3) is 0 Å². The predicted molar refractivity (Wildman–Crippen MR) is 71.1 cm³/mol. The molecular formula is C15H22FNO. The molecule has 0 spiro atoms. The van der Waals surface area contributed by atoms with Crippen LogP contribution in [0.1, 0.15) is 50.6 Å². The van der Waals surface area contributed by atoms with Crippen LogP contribution in [0.5, 0.6) is 5.75 Å². The van der Waals surface area contributed by atoms with Crippen molar-refractivity contribution in [2.75, 3.05) is 6.61 Å². The Bertz CT molecular complexity index is 386. The van der Waals surface area contributed by atoms with Crippen LogP contribution in [-0.4, -0.2) is 6.61 Å². The van der Waals surface area contributed by atoms with Crippen molar-refractivity contribution in [3.05, 3.63) is 29.6 Å². The maximum absolute atomic E-state index is 13.8. The first-order chi connectivity index (χ1) is 8.66. The number of halogens is 1. The molecule has 2 rings (SSSR count). The van der Waals surface area contributed by atoms with E-state index in [-0.39, 0.29) is 11.9 Å². The van der Waals surface area contributed by atoms with Gasteiger partial charge in [0.25, 0.3) is 0 Å². The van der Waals surface area contributed by atoms with E-state index in [9.17, 15) is 4.39 Å². The Labute approximate surface area is 108 Å². The topological polar surface area (TPSA) is 35.2 Å². The summed E-state index contributed by atoms with van der Waals surface area (Å²) in [6, 6.07) is 4.86. The van der Waals surface area contributed by atoms with Crippen LogP contribution in [-0.2, 0) is 0 Å². The van der Waals surface area contributed by atoms with Gasteiger partial charge in [0.15, 0.2) is 11.6 Å². The Morgan fingerprint density at radius 3 is 2.67 bits per heavy atom. The molecule has 3 heteroatoms. The average Bonchev–Trinajstić information content (AvgIpc) is 2.38. The molecule has 1 aliphatic rings. The molecule has 1 atom stereocenters. The number of hydrogen-bond acceptors (Lipinski definition) is 2. The molecule has 0 amide bonds. The molecular weight excluding hydrogens is 229 g/mol. The maximum atomic E-state index is 13.8. The van der Waals surface area contributed by atoms with Crippen LogP contribution in [0.3, 0.4) is 0 Å². The molecule has 0 aromatic heterocycles. The zero-order chi connectivity index (χ0) is 13.0. The highest BCUT2D eigenvalue weighted by molar-refractivity contribution is 5.30. The Kier molecular flexibility index (Phi) is 4.59. The third-order valence-electron chi connectivity index (χ3n) is 3.68. The van der Waals surface area contributed by atoms with Gasteiger partial charge >= 0.3 is 0 Å². The minimum Gasteiger partial charge on any atom is -0.490 e. The largest absolute Gasteiger partial charge is 0.490 e. The monoisotopic (exact) mass is 251 g/mol. The standard InChI is InChI=1S/C15H22FNO/c1-11(17)13-7-8-15(14(16)9-13)18-10-12-5-3-2-4-6-12/h7-9,11-12H,2-6,10,17H2,1H3/t11-/m1/s1. The number of hydrogen-bond donors (Lipinski definition) is 1. The van der Waals surface area contributed by atoms with E-state index >= 15 is 0 Å². The van der Waals surface area contributed by atoms with E-state index in [0.717, 1.165) is 5.56 Å². The van der Waals surface area contributed by atoms with Gasteiger partial charge < -0.3 is 10.5 Å². The molecule has 0 heterocycles. The summed E-state index contributed by atoms with van der Waals surface area (Å²) < 4.78 is 19.4. The van der Waals surface area contributed by atoms with Crippen molar-refractivity contribution in [2.24, 2.45) is 11.7 Å². The van der Waals surface area contributed by atoms with Crippen LogP contribution in [0, 0.1) is 11.7 Å². The normalized spacial score (nSPS) is 18.6. The quantitative estimate of drug-likeness (QED) is 0.883. The number of benzene rings is 1. The summed E-state index contributed by atoms with van der Waals surface area (Å²) in [5.74, 6) is 0.636. The lowest BCUT2D eigenvalue weighted by molar-refractivity contribution is 0.202. The van der Waals surface area contributed by atoms with Crippen molar-refractivity contribution in [2.45, 2.75) is 45.1 Å². The highest BCUT2D eigenvalue weighted by atomic mass is 19.1. The van der Waals surface area contributed by atoms with E-state index < -0.39 is 0 Å². The minimum atomic E-state index is -0.305. The first-order valence-corrected chi connectivity index (χ1v) is 6.84. The molecule has 0 aliphatic heterocycles. The number of nitrogens with two attached hydrogens (primary N) is 1. The molecule has 100 valence electrons. The average molecular weight is 251 g/mol. The van der Waals surface area contributed by atoms with Crippen molar-refractivity contribution in [3.63, 3.8) is 0 Å². The molecule has 1 aromatic carbocycles. The van der Waals surface area contributed by atoms with Gasteiger partial charge in [-0.15, -0.1) is 0 Å². The Morgan fingerprint density at radius 2 is 2.06 bits per heavy atom. The molecule has 0 bridgehead atoms. The second-order valence-electron chi connectivity index (χ2n) is 5.29. The summed E-state index contributed by atoms with van der Waals surface area (Å²) in [7, 11) is 0. The number of ether oxygens (including phenoxy) is 1. The van der Waals surface area contributed by atoms with Gasteiger partial charge in [0.2, 0.25) is 0 Å². The first-order valence-electron chi connectivity index (χ1n) is 6.84. The second-order valence-corrected chi connectivity index (χ2v) is 5.29. The van der Waals surface area contributed by atoms with Gasteiger partial charge in [-0.05, 0) is 43.4 Å². The fraction of sp³-hybridized carbons (Fsp3) is 0.600. The van der Waals surface area contributed by atoms with Crippen LogP contribution >= 0.6 is 0 Å². The third kappa shape index (κ3) is 3.45. The lowest BCUT2D eigenvalue weighted by atomic mass is 9.90. The zero-order valence-electron chi connectivity index (χ0n) is 11.0. The summed E-state index contributed by atoms with van der Waals surface area (Å²) in [4.78, 5) is 0. The van der Waals surface area contributed by atoms with E-state index in [0.29, 0.717) is 18.3 Å². The zero-order valence-corrected chi connectivity index (χ0v) is 11.0. The summed E-state index contributed by atoms with van der Waals surface area (Å²) in [5.41, 5.74) is 6.52. The molecule has 1 aliphatic carbocycles. The maximum Gasteiger partial charge on any atom is 0.165 e. The Hall–Kier alpha value is -1.09. The molecule has 1 saturated carbocycles. The van der Waals surface area contributed by atoms with E-state index in [1.807, 2.05) is 13.0 Å². The lowest BCUT2D eigenvalue weighted by Crippen LogP contribution is -2.15. The van der Waals surface area contributed by atoms with Gasteiger partial charge in [-0.25, -0.2) is 4.39 Å². The van der Waals surface area contributed by atoms with Crippen molar-refractivity contribution in [1.82, 2.24) is 0 Å².